The number of carbonyl (C=O) groups excluding carboxylic acids is 1. The zero-order valence-corrected chi connectivity index (χ0v) is 11.3. The van der Waals surface area contributed by atoms with E-state index in [9.17, 15) is 4.79 Å². The van der Waals surface area contributed by atoms with Gasteiger partial charge in [-0.3, -0.25) is 4.79 Å². The maximum Gasteiger partial charge on any atom is 0.307 e. The summed E-state index contributed by atoms with van der Waals surface area (Å²) in [6, 6.07) is 0. The molecule has 2 atom stereocenters. The van der Waals surface area contributed by atoms with Gasteiger partial charge in [0.2, 0.25) is 0 Å². The Morgan fingerprint density at radius 2 is 2.29 bits per heavy atom. The highest BCUT2D eigenvalue weighted by atomic mass is 16.5. The first-order valence-corrected chi connectivity index (χ1v) is 6.59. The van der Waals surface area contributed by atoms with Crippen molar-refractivity contribution in [1.29, 1.82) is 0 Å². The first-order chi connectivity index (χ1) is 8.15. The van der Waals surface area contributed by atoms with Crippen molar-refractivity contribution in [3.8, 4) is 0 Å². The van der Waals surface area contributed by atoms with E-state index in [4.69, 9.17) is 9.47 Å². The maximum atomic E-state index is 11.5. The number of methoxy groups -OCH3 is 1. The summed E-state index contributed by atoms with van der Waals surface area (Å²) in [4.78, 5) is 11.5. The number of hydrogen-bond acceptors (Lipinski definition) is 4. The van der Waals surface area contributed by atoms with E-state index < -0.39 is 0 Å². The van der Waals surface area contributed by atoms with Crippen LogP contribution < -0.4 is 5.32 Å². The summed E-state index contributed by atoms with van der Waals surface area (Å²) in [5.41, 5.74) is -0.125. The van der Waals surface area contributed by atoms with Crippen molar-refractivity contribution in [3.63, 3.8) is 0 Å². The second kappa shape index (κ2) is 6.97. The van der Waals surface area contributed by atoms with Gasteiger partial charge >= 0.3 is 5.97 Å². The molecule has 0 spiro atoms. The summed E-state index contributed by atoms with van der Waals surface area (Å²) < 4.78 is 10.5. The molecule has 1 rings (SSSR count). The van der Waals surface area contributed by atoms with Crippen LogP contribution in [0.1, 0.15) is 46.0 Å². The van der Waals surface area contributed by atoms with Crippen molar-refractivity contribution < 1.29 is 14.3 Å². The van der Waals surface area contributed by atoms with Gasteiger partial charge in [-0.2, -0.15) is 0 Å². The molecule has 1 N–H and O–H groups in total. The quantitative estimate of drug-likeness (QED) is 0.724. The first-order valence-electron chi connectivity index (χ1n) is 6.59. The highest BCUT2D eigenvalue weighted by Gasteiger charge is 2.38. The largest absolute Gasteiger partial charge is 0.469 e. The number of hydrogen-bond donors (Lipinski definition) is 1. The van der Waals surface area contributed by atoms with Gasteiger partial charge in [-0.15, -0.1) is 0 Å². The number of ether oxygens (including phenoxy) is 2. The van der Waals surface area contributed by atoms with E-state index in [-0.39, 0.29) is 17.6 Å². The average Bonchev–Trinajstić information content (AvgIpc) is 2.30. The third-order valence-corrected chi connectivity index (χ3v) is 3.43. The lowest BCUT2D eigenvalue weighted by molar-refractivity contribution is -0.144. The van der Waals surface area contributed by atoms with Gasteiger partial charge in [0, 0.05) is 12.1 Å². The van der Waals surface area contributed by atoms with Crippen LogP contribution in [0.2, 0.25) is 0 Å². The summed E-state index contributed by atoms with van der Waals surface area (Å²) in [5.74, 6) is -0.136. The van der Waals surface area contributed by atoms with Crippen LogP contribution in [0, 0.1) is 0 Å². The molecule has 0 aromatic carbocycles. The molecule has 100 valence electrons. The molecule has 0 aromatic heterocycles. The fourth-order valence-corrected chi connectivity index (χ4v) is 2.63. The molecule has 1 saturated heterocycles. The van der Waals surface area contributed by atoms with Gasteiger partial charge in [0.15, 0.2) is 0 Å². The number of carbonyl (C=O) groups is 1. The predicted molar refractivity (Wildman–Crippen MR) is 66.9 cm³/mol. The molecule has 2 unspecified atom stereocenters. The Balaban J connectivity index is 2.65. The highest BCUT2D eigenvalue weighted by molar-refractivity contribution is 5.70. The molecular weight excluding hydrogens is 218 g/mol. The summed E-state index contributed by atoms with van der Waals surface area (Å²) in [6.45, 7) is 5.83. The van der Waals surface area contributed by atoms with Gasteiger partial charge in [-0.1, -0.05) is 20.3 Å². The fraction of sp³-hybridized carbons (Fsp3) is 0.923. The van der Waals surface area contributed by atoms with Crippen molar-refractivity contribution >= 4 is 5.97 Å². The Bertz CT molecular complexity index is 239. The van der Waals surface area contributed by atoms with Crippen LogP contribution in [-0.2, 0) is 14.3 Å². The van der Waals surface area contributed by atoms with Gasteiger partial charge in [0.05, 0.1) is 19.6 Å². The van der Waals surface area contributed by atoms with Crippen LogP contribution in [0.3, 0.4) is 0 Å². The second-order valence-corrected chi connectivity index (χ2v) is 4.80. The van der Waals surface area contributed by atoms with Gasteiger partial charge in [0.1, 0.15) is 0 Å². The van der Waals surface area contributed by atoms with Crippen molar-refractivity contribution in [3.05, 3.63) is 0 Å². The number of esters is 1. The Morgan fingerprint density at radius 3 is 2.88 bits per heavy atom. The van der Waals surface area contributed by atoms with E-state index in [1.54, 1.807) is 0 Å². The van der Waals surface area contributed by atoms with E-state index in [2.05, 4.69) is 19.2 Å². The summed E-state index contributed by atoms with van der Waals surface area (Å²) in [7, 11) is 1.45. The van der Waals surface area contributed by atoms with Crippen LogP contribution in [-0.4, -0.2) is 37.9 Å². The molecule has 0 aromatic rings. The third-order valence-electron chi connectivity index (χ3n) is 3.43. The van der Waals surface area contributed by atoms with Crippen LogP contribution in [0.4, 0.5) is 0 Å². The van der Waals surface area contributed by atoms with Gasteiger partial charge in [-0.25, -0.2) is 0 Å². The standard InChI is InChI=1S/C13H25NO3/c1-4-6-11-9-13(14-5-2,7-8-17-11)10-12(15)16-3/h11,14H,4-10H2,1-3H3. The Hall–Kier alpha value is -0.610. The smallest absolute Gasteiger partial charge is 0.307 e. The minimum absolute atomic E-state index is 0.125. The Morgan fingerprint density at radius 1 is 1.53 bits per heavy atom. The minimum atomic E-state index is -0.136. The number of nitrogens with one attached hydrogen (secondary N) is 1. The molecule has 1 fully saturated rings. The topological polar surface area (TPSA) is 47.6 Å². The van der Waals surface area contributed by atoms with Crippen molar-refractivity contribution in [1.82, 2.24) is 5.32 Å². The fourth-order valence-electron chi connectivity index (χ4n) is 2.63. The van der Waals surface area contributed by atoms with E-state index in [1.807, 2.05) is 0 Å². The molecule has 1 aliphatic heterocycles. The summed E-state index contributed by atoms with van der Waals surface area (Å²) >= 11 is 0. The van der Waals surface area contributed by atoms with E-state index in [0.29, 0.717) is 6.42 Å². The lowest BCUT2D eigenvalue weighted by Gasteiger charge is -2.41. The molecule has 0 amide bonds. The molecule has 4 heteroatoms. The molecular formula is C13H25NO3. The SMILES string of the molecule is CCCC1CC(CC(=O)OC)(NCC)CCO1. The molecule has 0 bridgehead atoms. The molecule has 0 aliphatic carbocycles. The molecule has 0 saturated carbocycles. The van der Waals surface area contributed by atoms with Gasteiger partial charge in [-0.05, 0) is 25.8 Å². The van der Waals surface area contributed by atoms with Crippen molar-refractivity contribution in [2.75, 3.05) is 20.3 Å². The Kier molecular flexibility index (Phi) is 5.92. The maximum absolute atomic E-state index is 11.5. The highest BCUT2D eigenvalue weighted by Crippen LogP contribution is 2.30. The minimum Gasteiger partial charge on any atom is -0.469 e. The number of rotatable bonds is 6. The first kappa shape index (κ1) is 14.5. The van der Waals surface area contributed by atoms with Gasteiger partial charge < -0.3 is 14.8 Å². The summed E-state index contributed by atoms with van der Waals surface area (Å²) in [6.07, 6.45) is 4.69. The molecule has 1 aliphatic rings. The lowest BCUT2D eigenvalue weighted by Crippen LogP contribution is -2.53. The van der Waals surface area contributed by atoms with E-state index in [1.165, 1.54) is 7.11 Å². The van der Waals surface area contributed by atoms with Crippen LogP contribution in [0.5, 0.6) is 0 Å². The molecule has 4 nitrogen and oxygen atoms in total. The lowest BCUT2D eigenvalue weighted by atomic mass is 9.82. The average molecular weight is 243 g/mol. The monoisotopic (exact) mass is 243 g/mol. The van der Waals surface area contributed by atoms with Crippen molar-refractivity contribution in [2.45, 2.75) is 57.6 Å². The molecule has 17 heavy (non-hydrogen) atoms. The van der Waals surface area contributed by atoms with E-state index >= 15 is 0 Å². The van der Waals surface area contributed by atoms with Crippen molar-refractivity contribution in [2.24, 2.45) is 0 Å². The second-order valence-electron chi connectivity index (χ2n) is 4.80. The van der Waals surface area contributed by atoms with Gasteiger partial charge in [0.25, 0.3) is 0 Å². The Labute approximate surface area is 104 Å². The van der Waals surface area contributed by atoms with Crippen LogP contribution in [0.15, 0.2) is 0 Å². The van der Waals surface area contributed by atoms with Crippen LogP contribution in [0.25, 0.3) is 0 Å². The zero-order valence-electron chi connectivity index (χ0n) is 11.3. The molecule has 0 radical (unpaired) electrons. The zero-order chi connectivity index (χ0) is 12.7. The molecule has 1 heterocycles. The van der Waals surface area contributed by atoms with E-state index in [0.717, 1.165) is 38.8 Å². The summed E-state index contributed by atoms with van der Waals surface area (Å²) in [5, 5.41) is 3.47. The predicted octanol–water partition coefficient (Wildman–Crippen LogP) is 1.88. The normalized spacial score (nSPS) is 29.0. The van der Waals surface area contributed by atoms with Crippen LogP contribution >= 0.6 is 0 Å². The third kappa shape index (κ3) is 4.28.